The summed E-state index contributed by atoms with van der Waals surface area (Å²) in [6.07, 6.45) is 0. The molecule has 1 aromatic rings. The Morgan fingerprint density at radius 1 is 1.33 bits per heavy atom. The van der Waals surface area contributed by atoms with E-state index in [1.54, 1.807) is 19.2 Å². The molecule has 1 aromatic carbocycles. The Morgan fingerprint density at radius 2 is 2.00 bits per heavy atom. The summed E-state index contributed by atoms with van der Waals surface area (Å²) in [5.74, 6) is 0.586. The van der Waals surface area contributed by atoms with Crippen LogP contribution in [0, 0.1) is 0 Å². The fourth-order valence-corrected chi connectivity index (χ4v) is 1.82. The number of nitrogens with one attached hydrogen (secondary N) is 1. The van der Waals surface area contributed by atoms with Crippen molar-refractivity contribution < 1.29 is 4.74 Å². The van der Waals surface area contributed by atoms with Crippen LogP contribution in [0.4, 0.5) is 5.69 Å². The molecule has 0 radical (unpaired) electrons. The zero-order valence-corrected chi connectivity index (χ0v) is 10.5. The van der Waals surface area contributed by atoms with Gasteiger partial charge in [-0.2, -0.15) is 0 Å². The normalized spacial score (nSPS) is 10.2. The average molecular weight is 249 g/mol. The maximum absolute atomic E-state index is 6.10. The summed E-state index contributed by atoms with van der Waals surface area (Å²) in [7, 11) is 5.37. The molecule has 0 aliphatic heterocycles. The lowest BCUT2D eigenvalue weighted by Gasteiger charge is -2.20. The van der Waals surface area contributed by atoms with Gasteiger partial charge in [0.05, 0.1) is 29.5 Å². The number of halogens is 2. The van der Waals surface area contributed by atoms with E-state index in [9.17, 15) is 0 Å². The van der Waals surface area contributed by atoms with Gasteiger partial charge in [0, 0.05) is 13.1 Å². The van der Waals surface area contributed by atoms with Crippen LogP contribution in [0.25, 0.3) is 0 Å². The molecule has 1 rings (SSSR count). The summed E-state index contributed by atoms with van der Waals surface area (Å²) in [5.41, 5.74) is 0.872. The van der Waals surface area contributed by atoms with Crippen molar-refractivity contribution in [3.8, 4) is 5.75 Å². The second-order valence-electron chi connectivity index (χ2n) is 3.15. The molecule has 3 nitrogen and oxygen atoms in total. The zero-order valence-electron chi connectivity index (χ0n) is 8.97. The molecule has 0 aliphatic carbocycles. The highest BCUT2D eigenvalue weighted by atomic mass is 35.5. The zero-order chi connectivity index (χ0) is 11.4. The first-order valence-electron chi connectivity index (χ1n) is 4.49. The summed E-state index contributed by atoms with van der Waals surface area (Å²) in [4.78, 5) is 1.97. The molecule has 0 amide bonds. The van der Waals surface area contributed by atoms with Crippen LogP contribution in [0.3, 0.4) is 0 Å². The molecule has 0 aliphatic rings. The summed E-state index contributed by atoms with van der Waals surface area (Å²) >= 11 is 12.1. The van der Waals surface area contributed by atoms with Gasteiger partial charge in [-0.3, -0.25) is 0 Å². The smallest absolute Gasteiger partial charge is 0.139 e. The molecule has 0 unspecified atom stereocenters. The van der Waals surface area contributed by atoms with Crippen molar-refractivity contribution in [1.82, 2.24) is 5.32 Å². The van der Waals surface area contributed by atoms with Crippen LogP contribution in [0.1, 0.15) is 0 Å². The molecule has 0 atom stereocenters. The predicted molar refractivity (Wildman–Crippen MR) is 65.3 cm³/mol. The number of anilines is 1. The Bertz CT molecular complexity index is 344. The van der Waals surface area contributed by atoms with E-state index in [-0.39, 0.29) is 0 Å². The van der Waals surface area contributed by atoms with E-state index >= 15 is 0 Å². The highest BCUT2D eigenvalue weighted by Crippen LogP contribution is 2.35. The summed E-state index contributed by atoms with van der Waals surface area (Å²) < 4.78 is 5.07. The maximum atomic E-state index is 6.10. The van der Waals surface area contributed by atoms with Crippen LogP contribution < -0.4 is 15.0 Å². The molecule has 0 aromatic heterocycles. The van der Waals surface area contributed by atoms with Gasteiger partial charge in [-0.15, -0.1) is 0 Å². The molecular weight excluding hydrogens is 235 g/mol. The Morgan fingerprint density at radius 3 is 2.53 bits per heavy atom. The van der Waals surface area contributed by atoms with E-state index in [0.717, 1.165) is 5.69 Å². The Labute approximate surface area is 99.9 Å². The van der Waals surface area contributed by atoms with Crippen molar-refractivity contribution in [1.29, 1.82) is 0 Å². The highest BCUT2D eigenvalue weighted by Gasteiger charge is 2.10. The van der Waals surface area contributed by atoms with Gasteiger partial charge in [0.25, 0.3) is 0 Å². The van der Waals surface area contributed by atoms with E-state index in [2.05, 4.69) is 5.32 Å². The number of ether oxygens (including phenoxy) is 1. The van der Waals surface area contributed by atoms with Crippen LogP contribution >= 0.6 is 23.2 Å². The molecule has 1 N–H and O–H groups in total. The average Bonchev–Trinajstić information content (AvgIpc) is 2.21. The van der Waals surface area contributed by atoms with E-state index in [0.29, 0.717) is 22.5 Å². The Kier molecular flexibility index (Phi) is 4.51. The van der Waals surface area contributed by atoms with Crippen LogP contribution in [0.2, 0.25) is 10.0 Å². The molecule has 5 heteroatoms. The van der Waals surface area contributed by atoms with E-state index < -0.39 is 0 Å². The van der Waals surface area contributed by atoms with Gasteiger partial charge < -0.3 is 15.0 Å². The quantitative estimate of drug-likeness (QED) is 0.830. The van der Waals surface area contributed by atoms with Crippen molar-refractivity contribution in [3.05, 3.63) is 22.2 Å². The predicted octanol–water partition coefficient (Wildman–Crippen LogP) is 2.62. The van der Waals surface area contributed by atoms with Gasteiger partial charge >= 0.3 is 0 Å². The minimum atomic E-state index is 0.555. The summed E-state index contributed by atoms with van der Waals surface area (Å²) in [6, 6.07) is 3.51. The first-order valence-corrected chi connectivity index (χ1v) is 5.24. The molecule has 84 valence electrons. The number of hydrogen-bond donors (Lipinski definition) is 1. The molecule has 0 heterocycles. The summed E-state index contributed by atoms with van der Waals surface area (Å²) in [5, 5.41) is 4.21. The second-order valence-corrected chi connectivity index (χ2v) is 3.96. The SMILES string of the molecule is CNCN(C)c1cc(Cl)c(OC)cc1Cl. The van der Waals surface area contributed by atoms with Gasteiger partial charge in [-0.25, -0.2) is 0 Å². The lowest BCUT2D eigenvalue weighted by atomic mass is 10.3. The monoisotopic (exact) mass is 248 g/mol. The Hall–Kier alpha value is -0.640. The van der Waals surface area contributed by atoms with Gasteiger partial charge in [-0.05, 0) is 13.1 Å². The van der Waals surface area contributed by atoms with E-state index in [4.69, 9.17) is 27.9 Å². The van der Waals surface area contributed by atoms with Gasteiger partial charge in [0.15, 0.2) is 0 Å². The molecular formula is C10H14Cl2N2O. The maximum Gasteiger partial charge on any atom is 0.139 e. The van der Waals surface area contributed by atoms with E-state index in [1.165, 1.54) is 0 Å². The number of rotatable bonds is 4. The third-order valence-corrected chi connectivity index (χ3v) is 2.63. The fraction of sp³-hybridized carbons (Fsp3) is 0.400. The molecule has 0 spiro atoms. The molecule has 0 fully saturated rings. The largest absolute Gasteiger partial charge is 0.495 e. The van der Waals surface area contributed by atoms with Crippen molar-refractivity contribution in [2.75, 3.05) is 32.8 Å². The fourth-order valence-electron chi connectivity index (χ4n) is 1.29. The molecule has 15 heavy (non-hydrogen) atoms. The van der Waals surface area contributed by atoms with Crippen molar-refractivity contribution >= 4 is 28.9 Å². The van der Waals surface area contributed by atoms with Crippen LogP contribution in [0.15, 0.2) is 12.1 Å². The van der Waals surface area contributed by atoms with E-state index in [1.807, 2.05) is 19.0 Å². The minimum Gasteiger partial charge on any atom is -0.495 e. The molecule has 0 bridgehead atoms. The Balaban J connectivity index is 3.04. The minimum absolute atomic E-state index is 0.555. The van der Waals surface area contributed by atoms with Crippen LogP contribution in [-0.4, -0.2) is 27.9 Å². The van der Waals surface area contributed by atoms with Crippen molar-refractivity contribution in [2.24, 2.45) is 0 Å². The van der Waals surface area contributed by atoms with Crippen molar-refractivity contribution in [2.45, 2.75) is 0 Å². The van der Waals surface area contributed by atoms with Gasteiger partial charge in [-0.1, -0.05) is 23.2 Å². The first-order chi connectivity index (χ1) is 7.10. The number of nitrogens with zero attached hydrogens (tertiary/aromatic N) is 1. The third kappa shape index (κ3) is 2.91. The standard InChI is InChI=1S/C10H14Cl2N2O/c1-13-6-14(2)9-4-8(12)10(15-3)5-7(9)11/h4-5,13H,6H2,1-3H3. The number of benzene rings is 1. The molecule has 0 saturated heterocycles. The topological polar surface area (TPSA) is 24.5 Å². The highest BCUT2D eigenvalue weighted by molar-refractivity contribution is 6.36. The van der Waals surface area contributed by atoms with Crippen LogP contribution in [0.5, 0.6) is 5.75 Å². The lowest BCUT2D eigenvalue weighted by Crippen LogP contribution is -2.28. The van der Waals surface area contributed by atoms with Crippen LogP contribution in [-0.2, 0) is 0 Å². The number of methoxy groups -OCH3 is 1. The second kappa shape index (κ2) is 5.45. The molecule has 0 saturated carbocycles. The van der Waals surface area contributed by atoms with Gasteiger partial charge in [0.1, 0.15) is 5.75 Å². The first kappa shape index (κ1) is 12.4. The lowest BCUT2D eigenvalue weighted by molar-refractivity contribution is 0.415. The summed E-state index contributed by atoms with van der Waals surface area (Å²) in [6.45, 7) is 0.697. The van der Waals surface area contributed by atoms with Gasteiger partial charge in [0.2, 0.25) is 0 Å². The number of hydrogen-bond acceptors (Lipinski definition) is 3. The van der Waals surface area contributed by atoms with Crippen molar-refractivity contribution in [3.63, 3.8) is 0 Å². The third-order valence-electron chi connectivity index (χ3n) is 2.03.